The van der Waals surface area contributed by atoms with Gasteiger partial charge in [-0.3, -0.25) is 0 Å². The summed E-state index contributed by atoms with van der Waals surface area (Å²) in [4.78, 5) is 6.85. The largest absolute Gasteiger partial charge is 0.377 e. The van der Waals surface area contributed by atoms with Gasteiger partial charge >= 0.3 is 0 Å². The number of ether oxygens (including phenoxy) is 1. The first-order chi connectivity index (χ1) is 9.78. The molecule has 1 saturated heterocycles. The van der Waals surface area contributed by atoms with Crippen LogP contribution in [0.1, 0.15) is 18.5 Å². The lowest BCUT2D eigenvalue weighted by molar-refractivity contribution is 0.0471. The maximum Gasteiger partial charge on any atom is 0.154 e. The van der Waals surface area contributed by atoms with Crippen LogP contribution < -0.4 is 4.90 Å². The van der Waals surface area contributed by atoms with Crippen molar-refractivity contribution >= 4 is 22.9 Å². The summed E-state index contributed by atoms with van der Waals surface area (Å²) in [7, 11) is 0. The molecule has 1 fully saturated rings. The second-order valence-corrected chi connectivity index (χ2v) is 5.49. The zero-order valence-corrected chi connectivity index (χ0v) is 12.4. The molecular formula is C14H19ClN4O. The van der Waals surface area contributed by atoms with Crippen LogP contribution in [0.2, 0.25) is 0 Å². The van der Waals surface area contributed by atoms with E-state index in [4.69, 9.17) is 16.3 Å². The van der Waals surface area contributed by atoms with Gasteiger partial charge in [-0.05, 0) is 25.8 Å². The highest BCUT2D eigenvalue weighted by atomic mass is 35.5. The van der Waals surface area contributed by atoms with E-state index < -0.39 is 0 Å². The Bertz CT molecular complexity index is 578. The number of aryl methyl sites for hydroxylation is 1. The topological polar surface area (TPSA) is 42.7 Å². The fourth-order valence-corrected chi connectivity index (χ4v) is 2.81. The molecule has 1 aliphatic rings. The first-order valence-corrected chi connectivity index (χ1v) is 7.55. The van der Waals surface area contributed by atoms with Crippen LogP contribution in [0.25, 0.3) is 5.52 Å². The van der Waals surface area contributed by atoms with Crippen molar-refractivity contribution in [1.29, 1.82) is 0 Å². The van der Waals surface area contributed by atoms with Crippen molar-refractivity contribution in [3.05, 3.63) is 24.2 Å². The molecule has 0 radical (unpaired) electrons. The van der Waals surface area contributed by atoms with Crippen LogP contribution in [0.4, 0.5) is 5.82 Å². The Morgan fingerprint density at radius 1 is 1.40 bits per heavy atom. The number of hydrogen-bond acceptors (Lipinski definition) is 4. The minimum absolute atomic E-state index is 0.330. The first kappa shape index (κ1) is 13.6. The minimum atomic E-state index is 0.330. The van der Waals surface area contributed by atoms with Crippen LogP contribution in [-0.2, 0) is 4.74 Å². The lowest BCUT2D eigenvalue weighted by Crippen LogP contribution is -2.38. The van der Waals surface area contributed by atoms with E-state index >= 15 is 0 Å². The van der Waals surface area contributed by atoms with Crippen LogP contribution in [-0.4, -0.2) is 46.3 Å². The van der Waals surface area contributed by atoms with Crippen LogP contribution >= 0.6 is 11.6 Å². The number of aromatic nitrogens is 3. The van der Waals surface area contributed by atoms with E-state index in [9.17, 15) is 0 Å². The molecule has 0 N–H and O–H groups in total. The van der Waals surface area contributed by atoms with Gasteiger partial charge in [-0.25, -0.2) is 9.50 Å². The molecule has 2 aromatic heterocycles. The number of rotatable bonds is 4. The van der Waals surface area contributed by atoms with Crippen molar-refractivity contribution in [3.63, 3.8) is 0 Å². The summed E-state index contributed by atoms with van der Waals surface area (Å²) < 4.78 is 7.61. The molecular weight excluding hydrogens is 276 g/mol. The van der Waals surface area contributed by atoms with Gasteiger partial charge in [0.2, 0.25) is 0 Å². The number of fused-ring (bicyclic) bond motifs is 1. The van der Waals surface area contributed by atoms with E-state index in [1.54, 1.807) is 0 Å². The second-order valence-electron chi connectivity index (χ2n) is 5.11. The third-order valence-corrected chi connectivity index (χ3v) is 3.82. The SMILES string of the molecule is Cc1cc2c(N3CCC(OCCCl)CC3)nccn2n1. The molecule has 0 aromatic carbocycles. The highest BCUT2D eigenvalue weighted by Gasteiger charge is 2.22. The van der Waals surface area contributed by atoms with Crippen LogP contribution in [0.5, 0.6) is 0 Å². The fourth-order valence-electron chi connectivity index (χ4n) is 2.72. The molecule has 6 heteroatoms. The molecule has 1 aliphatic heterocycles. The standard InChI is InChI=1S/C14H19ClN4O/c1-11-10-13-14(16-5-8-19(13)17-11)18-6-2-12(3-7-18)20-9-4-15/h5,8,10,12H,2-4,6-7,9H2,1H3. The van der Waals surface area contributed by atoms with Crippen LogP contribution in [0.15, 0.2) is 18.5 Å². The number of alkyl halides is 1. The summed E-state index contributed by atoms with van der Waals surface area (Å²) in [5, 5.41) is 4.43. The first-order valence-electron chi connectivity index (χ1n) is 7.01. The summed E-state index contributed by atoms with van der Waals surface area (Å²) in [6.45, 7) is 4.57. The third kappa shape index (κ3) is 2.74. The maximum atomic E-state index is 5.71. The predicted molar refractivity (Wildman–Crippen MR) is 79.6 cm³/mol. The molecule has 3 rings (SSSR count). The van der Waals surface area contributed by atoms with E-state index in [1.165, 1.54) is 0 Å². The van der Waals surface area contributed by atoms with Gasteiger partial charge in [0.05, 0.1) is 18.4 Å². The Labute approximate surface area is 123 Å². The third-order valence-electron chi connectivity index (χ3n) is 3.66. The van der Waals surface area contributed by atoms with Gasteiger partial charge in [0.15, 0.2) is 5.82 Å². The second kappa shape index (κ2) is 5.97. The van der Waals surface area contributed by atoms with Gasteiger partial charge < -0.3 is 9.64 Å². The lowest BCUT2D eigenvalue weighted by Gasteiger charge is -2.32. The van der Waals surface area contributed by atoms with E-state index in [0.717, 1.165) is 43.0 Å². The van der Waals surface area contributed by atoms with Gasteiger partial charge in [0, 0.05) is 31.4 Å². The number of anilines is 1. The van der Waals surface area contributed by atoms with Gasteiger partial charge in [0.25, 0.3) is 0 Å². The molecule has 0 aliphatic carbocycles. The van der Waals surface area contributed by atoms with E-state index in [-0.39, 0.29) is 0 Å². The Morgan fingerprint density at radius 2 is 2.20 bits per heavy atom. The highest BCUT2D eigenvalue weighted by Crippen LogP contribution is 2.24. The average Bonchev–Trinajstić information content (AvgIpc) is 2.85. The van der Waals surface area contributed by atoms with Crippen molar-refractivity contribution < 1.29 is 4.74 Å². The molecule has 0 spiro atoms. The number of nitrogens with zero attached hydrogens (tertiary/aromatic N) is 4. The summed E-state index contributed by atoms with van der Waals surface area (Å²) in [5.74, 6) is 1.58. The van der Waals surface area contributed by atoms with Crippen molar-refractivity contribution in [2.24, 2.45) is 0 Å². The Balaban J connectivity index is 1.73. The summed E-state index contributed by atoms with van der Waals surface area (Å²) in [6.07, 6.45) is 6.07. The maximum absolute atomic E-state index is 5.71. The summed E-state index contributed by atoms with van der Waals surface area (Å²) in [6, 6.07) is 2.08. The number of halogens is 1. The monoisotopic (exact) mass is 294 g/mol. The Hall–Kier alpha value is -1.33. The molecule has 2 aromatic rings. The van der Waals surface area contributed by atoms with Gasteiger partial charge in [-0.15, -0.1) is 11.6 Å². The van der Waals surface area contributed by atoms with E-state index in [0.29, 0.717) is 18.6 Å². The average molecular weight is 295 g/mol. The molecule has 3 heterocycles. The molecule has 20 heavy (non-hydrogen) atoms. The zero-order valence-electron chi connectivity index (χ0n) is 11.6. The van der Waals surface area contributed by atoms with Crippen LogP contribution in [0.3, 0.4) is 0 Å². The zero-order chi connectivity index (χ0) is 13.9. The van der Waals surface area contributed by atoms with Gasteiger partial charge in [-0.2, -0.15) is 5.10 Å². The van der Waals surface area contributed by atoms with Crippen molar-refractivity contribution in [3.8, 4) is 0 Å². The molecule has 0 saturated carbocycles. The predicted octanol–water partition coefficient (Wildman–Crippen LogP) is 2.26. The van der Waals surface area contributed by atoms with Crippen molar-refractivity contribution in [2.75, 3.05) is 30.5 Å². The molecule has 0 amide bonds. The van der Waals surface area contributed by atoms with E-state index in [2.05, 4.69) is 21.0 Å². The normalized spacial score (nSPS) is 17.0. The molecule has 5 nitrogen and oxygen atoms in total. The highest BCUT2D eigenvalue weighted by molar-refractivity contribution is 6.17. The number of hydrogen-bond donors (Lipinski definition) is 0. The summed E-state index contributed by atoms with van der Waals surface area (Å²) >= 11 is 5.66. The number of piperidine rings is 1. The summed E-state index contributed by atoms with van der Waals surface area (Å²) in [5.41, 5.74) is 2.09. The minimum Gasteiger partial charge on any atom is -0.377 e. The fraction of sp³-hybridized carbons (Fsp3) is 0.571. The Kier molecular flexibility index (Phi) is 4.08. The Morgan fingerprint density at radius 3 is 2.95 bits per heavy atom. The smallest absolute Gasteiger partial charge is 0.154 e. The van der Waals surface area contributed by atoms with E-state index in [1.807, 2.05) is 23.8 Å². The molecule has 0 bridgehead atoms. The van der Waals surface area contributed by atoms with Gasteiger partial charge in [-0.1, -0.05) is 0 Å². The van der Waals surface area contributed by atoms with Crippen molar-refractivity contribution in [1.82, 2.24) is 14.6 Å². The van der Waals surface area contributed by atoms with Gasteiger partial charge in [0.1, 0.15) is 5.52 Å². The molecule has 0 unspecified atom stereocenters. The quantitative estimate of drug-likeness (QED) is 0.811. The lowest BCUT2D eigenvalue weighted by atomic mass is 10.1. The van der Waals surface area contributed by atoms with Crippen molar-refractivity contribution in [2.45, 2.75) is 25.9 Å². The molecule has 108 valence electrons. The molecule has 0 atom stereocenters. The van der Waals surface area contributed by atoms with Crippen LogP contribution in [0, 0.1) is 6.92 Å².